The molecule has 0 amide bonds. The van der Waals surface area contributed by atoms with Gasteiger partial charge in [-0.15, -0.1) is 0 Å². The number of allylic oxidation sites excluding steroid dienone is 1. The second kappa shape index (κ2) is 7.20. The molecule has 1 saturated carbocycles. The number of rotatable bonds is 2. The van der Waals surface area contributed by atoms with E-state index in [9.17, 15) is 10.2 Å². The van der Waals surface area contributed by atoms with Crippen LogP contribution in [0.3, 0.4) is 0 Å². The summed E-state index contributed by atoms with van der Waals surface area (Å²) in [6.07, 6.45) is 8.93. The number of ether oxygens (including phenoxy) is 1. The van der Waals surface area contributed by atoms with Crippen LogP contribution in [0.1, 0.15) is 59.3 Å². The smallest absolute Gasteiger partial charge is 0.198 e. The van der Waals surface area contributed by atoms with Crippen molar-refractivity contribution in [3.05, 3.63) is 44.9 Å². The maximum Gasteiger partial charge on any atom is 0.198 e. The van der Waals surface area contributed by atoms with Gasteiger partial charge < -0.3 is 14.9 Å². The molecule has 0 saturated heterocycles. The SMILES string of the molecule is CC(C)(C)[C@H]1CC2=C(C=CC(=C3CCCCC3)C2O)[C@@](O)(CN=[N+]=[N-])O1. The highest BCUT2D eigenvalue weighted by molar-refractivity contribution is 5.51. The molecule has 2 N–H and O–H groups in total. The van der Waals surface area contributed by atoms with E-state index >= 15 is 0 Å². The van der Waals surface area contributed by atoms with Crippen LogP contribution < -0.4 is 0 Å². The number of aliphatic hydroxyl groups is 2. The first kappa shape index (κ1) is 19.2. The highest BCUT2D eigenvalue weighted by atomic mass is 16.6. The molecule has 1 aliphatic heterocycles. The third-order valence-electron chi connectivity index (χ3n) is 5.74. The van der Waals surface area contributed by atoms with E-state index in [0.717, 1.165) is 24.0 Å². The molecule has 0 aromatic heterocycles. The molecule has 0 bridgehead atoms. The Kier molecular flexibility index (Phi) is 5.31. The fraction of sp³-hybridized carbons (Fsp3) is 0.700. The predicted octanol–water partition coefficient (Wildman–Crippen LogP) is 4.31. The van der Waals surface area contributed by atoms with E-state index in [1.165, 1.54) is 24.8 Å². The second-order valence-corrected chi connectivity index (χ2v) is 8.64. The molecule has 3 atom stereocenters. The minimum Gasteiger partial charge on any atom is -0.384 e. The van der Waals surface area contributed by atoms with Gasteiger partial charge in [-0.3, -0.25) is 0 Å². The summed E-state index contributed by atoms with van der Waals surface area (Å²) in [5.41, 5.74) is 12.1. The van der Waals surface area contributed by atoms with Crippen LogP contribution in [0.15, 0.2) is 39.6 Å². The van der Waals surface area contributed by atoms with Crippen molar-refractivity contribution in [3.63, 3.8) is 0 Å². The first-order valence-electron chi connectivity index (χ1n) is 9.49. The summed E-state index contributed by atoms with van der Waals surface area (Å²) >= 11 is 0. The average molecular weight is 359 g/mol. The molecule has 6 heteroatoms. The summed E-state index contributed by atoms with van der Waals surface area (Å²) in [4.78, 5) is 2.77. The Morgan fingerprint density at radius 1 is 1.27 bits per heavy atom. The van der Waals surface area contributed by atoms with Crippen molar-refractivity contribution in [3.8, 4) is 0 Å². The molecule has 1 unspecified atom stereocenters. The Balaban J connectivity index is 2.03. The third kappa shape index (κ3) is 3.60. The van der Waals surface area contributed by atoms with Crippen LogP contribution in [-0.2, 0) is 4.74 Å². The lowest BCUT2D eigenvalue weighted by Gasteiger charge is -2.46. The van der Waals surface area contributed by atoms with Crippen LogP contribution in [-0.4, -0.2) is 34.8 Å². The van der Waals surface area contributed by atoms with Gasteiger partial charge in [-0.25, -0.2) is 0 Å². The minimum absolute atomic E-state index is 0.210. The Labute approximate surface area is 154 Å². The van der Waals surface area contributed by atoms with Gasteiger partial charge in [0.05, 0.1) is 12.6 Å². The van der Waals surface area contributed by atoms with Gasteiger partial charge in [0.1, 0.15) is 6.10 Å². The molecule has 6 nitrogen and oxygen atoms in total. The fourth-order valence-corrected chi connectivity index (χ4v) is 4.16. The minimum atomic E-state index is -1.70. The number of hydrogen-bond acceptors (Lipinski definition) is 4. The Hall–Kier alpha value is -1.59. The zero-order chi connectivity index (χ0) is 18.9. The van der Waals surface area contributed by atoms with Gasteiger partial charge in [0, 0.05) is 10.5 Å². The molecule has 3 rings (SSSR count). The molecule has 142 valence electrons. The van der Waals surface area contributed by atoms with Crippen LogP contribution in [0.4, 0.5) is 0 Å². The molecular formula is C20H29N3O3. The van der Waals surface area contributed by atoms with Crippen LogP contribution in [0.2, 0.25) is 0 Å². The van der Waals surface area contributed by atoms with Crippen molar-refractivity contribution in [1.29, 1.82) is 0 Å². The van der Waals surface area contributed by atoms with Gasteiger partial charge in [-0.1, -0.05) is 50.0 Å². The summed E-state index contributed by atoms with van der Waals surface area (Å²) in [6.45, 7) is 5.92. The fourth-order valence-electron chi connectivity index (χ4n) is 4.16. The van der Waals surface area contributed by atoms with Gasteiger partial charge in [0.2, 0.25) is 0 Å². The Morgan fingerprint density at radius 2 is 1.96 bits per heavy atom. The molecule has 26 heavy (non-hydrogen) atoms. The highest BCUT2D eigenvalue weighted by Crippen LogP contribution is 2.45. The quantitative estimate of drug-likeness (QED) is 0.436. The second-order valence-electron chi connectivity index (χ2n) is 8.64. The average Bonchev–Trinajstić information content (AvgIpc) is 2.61. The monoisotopic (exact) mass is 359 g/mol. The van der Waals surface area contributed by atoms with E-state index in [1.807, 2.05) is 32.9 Å². The summed E-state index contributed by atoms with van der Waals surface area (Å²) < 4.78 is 5.99. The van der Waals surface area contributed by atoms with Crippen molar-refractivity contribution < 1.29 is 14.9 Å². The standard InChI is InChI=1S/C20H29N3O3/c1-19(2,3)17-11-15-16(20(25,26-17)12-22-23-21)10-9-14(18(15)24)13-7-5-4-6-8-13/h9-10,17-18,24-25H,4-8,11-12H2,1-3H3/t17-,18?,20-/m1/s1. The van der Waals surface area contributed by atoms with E-state index in [2.05, 4.69) is 10.0 Å². The van der Waals surface area contributed by atoms with Gasteiger partial charge in [-0.05, 0) is 54.2 Å². The molecule has 1 fully saturated rings. The topological polar surface area (TPSA) is 98.5 Å². The summed E-state index contributed by atoms with van der Waals surface area (Å²) in [5.74, 6) is -1.70. The Bertz CT molecular complexity index is 702. The van der Waals surface area contributed by atoms with Crippen LogP contribution in [0.25, 0.3) is 10.4 Å². The van der Waals surface area contributed by atoms with Crippen molar-refractivity contribution in [2.24, 2.45) is 10.5 Å². The predicted molar refractivity (Wildman–Crippen MR) is 100 cm³/mol. The van der Waals surface area contributed by atoms with Gasteiger partial charge in [0.25, 0.3) is 0 Å². The lowest BCUT2D eigenvalue weighted by molar-refractivity contribution is -0.225. The number of nitrogens with zero attached hydrogens (tertiary/aromatic N) is 3. The number of aliphatic hydroxyl groups excluding tert-OH is 1. The molecule has 0 aromatic rings. The van der Waals surface area contributed by atoms with Gasteiger partial charge >= 0.3 is 0 Å². The summed E-state index contributed by atoms with van der Waals surface area (Å²) in [6, 6.07) is 0. The maximum absolute atomic E-state index is 11.1. The van der Waals surface area contributed by atoms with E-state index < -0.39 is 11.9 Å². The third-order valence-corrected chi connectivity index (χ3v) is 5.74. The normalized spacial score (nSPS) is 32.3. The molecule has 0 radical (unpaired) electrons. The molecule has 1 heterocycles. The van der Waals surface area contributed by atoms with E-state index in [0.29, 0.717) is 12.0 Å². The molecular weight excluding hydrogens is 330 g/mol. The summed E-state index contributed by atoms with van der Waals surface area (Å²) in [7, 11) is 0. The molecule has 2 aliphatic carbocycles. The maximum atomic E-state index is 11.1. The number of azide groups is 1. The number of hydrogen-bond donors (Lipinski definition) is 2. The van der Waals surface area contributed by atoms with Crippen molar-refractivity contribution >= 4 is 0 Å². The van der Waals surface area contributed by atoms with Crippen LogP contribution >= 0.6 is 0 Å². The molecule has 0 spiro atoms. The van der Waals surface area contributed by atoms with Crippen LogP contribution in [0.5, 0.6) is 0 Å². The lowest BCUT2D eigenvalue weighted by atomic mass is 9.74. The highest BCUT2D eigenvalue weighted by Gasteiger charge is 2.46. The van der Waals surface area contributed by atoms with E-state index in [-0.39, 0.29) is 18.1 Å². The van der Waals surface area contributed by atoms with Crippen molar-refractivity contribution in [2.45, 2.75) is 77.3 Å². The van der Waals surface area contributed by atoms with E-state index in [4.69, 9.17) is 10.3 Å². The first-order valence-corrected chi connectivity index (χ1v) is 9.49. The first-order chi connectivity index (χ1) is 12.3. The molecule has 0 aromatic carbocycles. The Morgan fingerprint density at radius 3 is 2.58 bits per heavy atom. The van der Waals surface area contributed by atoms with E-state index in [1.54, 1.807) is 0 Å². The van der Waals surface area contributed by atoms with Crippen molar-refractivity contribution in [2.75, 3.05) is 6.54 Å². The van der Waals surface area contributed by atoms with Crippen molar-refractivity contribution in [1.82, 2.24) is 0 Å². The zero-order valence-corrected chi connectivity index (χ0v) is 15.9. The van der Waals surface area contributed by atoms with Crippen LogP contribution in [0, 0.1) is 5.41 Å². The molecule has 3 aliphatic rings. The van der Waals surface area contributed by atoms with Gasteiger partial charge in [0.15, 0.2) is 5.79 Å². The largest absolute Gasteiger partial charge is 0.384 e. The lowest BCUT2D eigenvalue weighted by Crippen LogP contribution is -2.50. The summed E-state index contributed by atoms with van der Waals surface area (Å²) in [5, 5.41) is 25.8. The van der Waals surface area contributed by atoms with Gasteiger partial charge in [-0.2, -0.15) is 0 Å². The zero-order valence-electron chi connectivity index (χ0n) is 15.9.